The fourth-order valence-electron chi connectivity index (χ4n) is 3.90. The van der Waals surface area contributed by atoms with Crippen molar-refractivity contribution in [3.63, 3.8) is 0 Å². The van der Waals surface area contributed by atoms with Gasteiger partial charge >= 0.3 is 0 Å². The number of hydrogen-bond donors (Lipinski definition) is 3. The third-order valence-electron chi connectivity index (χ3n) is 5.31. The largest absolute Gasteiger partial charge is 0.354 e. The molecule has 1 aliphatic rings. The zero-order chi connectivity index (χ0) is 19.9. The minimum absolute atomic E-state index is 0.234. The number of halogens is 1. The lowest BCUT2D eigenvalue weighted by molar-refractivity contribution is -0.000557. The van der Waals surface area contributed by atoms with E-state index >= 15 is 0 Å². The number of aryl methyl sites for hydroxylation is 1. The fraction of sp³-hybridized carbons (Fsp3) is 0.250. The summed E-state index contributed by atoms with van der Waals surface area (Å²) < 4.78 is 14.7. The van der Waals surface area contributed by atoms with Gasteiger partial charge in [-0.05, 0) is 49.6 Å². The molecule has 1 aliphatic heterocycles. The minimum Gasteiger partial charge on any atom is -0.354 e. The van der Waals surface area contributed by atoms with Gasteiger partial charge in [-0.2, -0.15) is 0 Å². The Morgan fingerprint density at radius 1 is 1.18 bits per heavy atom. The highest BCUT2D eigenvalue weighted by atomic mass is 19.1. The summed E-state index contributed by atoms with van der Waals surface area (Å²) in [7, 11) is 3.78. The molecule has 4 N–H and O–H groups in total. The number of hydrogen-bond acceptors (Lipinski definition) is 3. The van der Waals surface area contributed by atoms with Crippen LogP contribution in [-0.4, -0.2) is 33.1 Å². The molecule has 3 aromatic rings. The maximum absolute atomic E-state index is 14.7. The minimum atomic E-state index is -0.786. The number of carbonyl (C=O) groups is 1. The second kappa shape index (κ2) is 7.11. The van der Waals surface area contributed by atoms with E-state index < -0.39 is 5.40 Å². The molecule has 0 saturated heterocycles. The fourth-order valence-corrected chi connectivity index (χ4v) is 3.90. The molecule has 0 saturated carbocycles. The lowest BCUT2D eigenvalue weighted by Crippen LogP contribution is -2.37. The molecule has 142 valence electrons. The molecule has 0 bridgehead atoms. The van der Waals surface area contributed by atoms with Crippen molar-refractivity contribution >= 4 is 32.5 Å². The van der Waals surface area contributed by atoms with Gasteiger partial charge in [-0.25, -0.2) is 9.87 Å². The van der Waals surface area contributed by atoms with Crippen molar-refractivity contribution in [2.24, 2.45) is 5.73 Å². The highest BCUT2D eigenvalue weighted by molar-refractivity contribution is 6.40. The third-order valence-corrected chi connectivity index (χ3v) is 5.31. The van der Waals surface area contributed by atoms with E-state index in [-0.39, 0.29) is 11.7 Å². The van der Waals surface area contributed by atoms with E-state index in [1.807, 2.05) is 40.0 Å². The molecule has 0 unspecified atom stereocenters. The van der Waals surface area contributed by atoms with E-state index in [9.17, 15) is 9.18 Å². The highest BCUT2D eigenvalue weighted by Crippen LogP contribution is 2.40. The molecule has 5 nitrogen and oxygen atoms in total. The van der Waals surface area contributed by atoms with Crippen molar-refractivity contribution in [1.82, 2.24) is 10.5 Å². The number of rotatable bonds is 5. The summed E-state index contributed by atoms with van der Waals surface area (Å²) in [6.07, 6.45) is 2.41. The second-order valence-electron chi connectivity index (χ2n) is 7.70. The normalized spacial score (nSPS) is 15.4. The number of unbranched alkanes of at least 4 members (excludes halogenated alkanes) is 1. The van der Waals surface area contributed by atoms with E-state index in [0.717, 1.165) is 40.6 Å². The Labute approximate surface area is 164 Å². The predicted molar refractivity (Wildman–Crippen MR) is 113 cm³/mol. The van der Waals surface area contributed by atoms with Gasteiger partial charge in [0.05, 0.1) is 16.7 Å². The zero-order valence-corrected chi connectivity index (χ0v) is 16.1. The number of aromatic nitrogens is 1. The maximum Gasteiger partial charge on any atom is 0.275 e. The number of H-pyrrole nitrogens is 1. The van der Waals surface area contributed by atoms with Crippen LogP contribution in [0.2, 0.25) is 0 Å². The van der Waals surface area contributed by atoms with E-state index in [4.69, 9.17) is 10.6 Å². The molecule has 8 heteroatoms. The van der Waals surface area contributed by atoms with Gasteiger partial charge < -0.3 is 10.7 Å². The smallest absolute Gasteiger partial charge is 0.275 e. The Morgan fingerprint density at radius 3 is 2.75 bits per heavy atom. The molecule has 0 radical (unpaired) electrons. The lowest BCUT2D eigenvalue weighted by atomic mass is 9.60. The van der Waals surface area contributed by atoms with E-state index in [0.29, 0.717) is 24.1 Å². The molecule has 0 atom stereocenters. The van der Waals surface area contributed by atoms with Crippen LogP contribution in [0.25, 0.3) is 22.2 Å². The molecular weight excluding hydrogens is 355 g/mol. The van der Waals surface area contributed by atoms with Crippen molar-refractivity contribution in [2.75, 3.05) is 6.54 Å². The Morgan fingerprint density at radius 2 is 2.00 bits per heavy atom. The molecular formula is C20H22B2FN3O2. The Bertz CT molecular complexity index is 1070. The van der Waals surface area contributed by atoms with Crippen LogP contribution in [0.1, 0.15) is 34.3 Å². The topological polar surface area (TPSA) is 80.1 Å². The van der Waals surface area contributed by atoms with Crippen LogP contribution in [0.4, 0.5) is 4.39 Å². The SMILES string of the molecule is BC1(B)ONC(=O)c2cccc3[nH]c(-c4ccc(CCCCN)c(F)c4)c1c23. The van der Waals surface area contributed by atoms with Gasteiger partial charge in [-0.15, -0.1) is 0 Å². The van der Waals surface area contributed by atoms with E-state index in [1.54, 1.807) is 12.1 Å². The number of carbonyl (C=O) groups excluding carboxylic acids is 1. The summed E-state index contributed by atoms with van der Waals surface area (Å²) in [5, 5.41) is 0.0245. The molecule has 1 aromatic heterocycles. The van der Waals surface area contributed by atoms with Crippen LogP contribution in [0.15, 0.2) is 36.4 Å². The van der Waals surface area contributed by atoms with Crippen LogP contribution in [0.3, 0.4) is 0 Å². The van der Waals surface area contributed by atoms with E-state index in [1.165, 1.54) is 0 Å². The number of nitrogens with two attached hydrogens (primary N) is 1. The number of hydroxylamine groups is 1. The highest BCUT2D eigenvalue weighted by Gasteiger charge is 2.35. The Balaban J connectivity index is 1.86. The first kappa shape index (κ1) is 18.8. The van der Waals surface area contributed by atoms with Crippen molar-refractivity contribution < 1.29 is 14.0 Å². The molecule has 4 rings (SSSR count). The molecule has 2 aromatic carbocycles. The molecule has 28 heavy (non-hydrogen) atoms. The summed E-state index contributed by atoms with van der Waals surface area (Å²) in [4.78, 5) is 21.5. The van der Waals surface area contributed by atoms with Crippen molar-refractivity contribution in [3.8, 4) is 11.3 Å². The van der Waals surface area contributed by atoms with Gasteiger partial charge in [-0.3, -0.25) is 9.63 Å². The van der Waals surface area contributed by atoms with Gasteiger partial charge in [0.25, 0.3) is 5.91 Å². The molecule has 0 aliphatic carbocycles. The first-order chi connectivity index (χ1) is 13.4. The van der Waals surface area contributed by atoms with Crippen molar-refractivity contribution in [1.29, 1.82) is 0 Å². The number of nitrogens with one attached hydrogen (secondary N) is 2. The van der Waals surface area contributed by atoms with Gasteiger partial charge in [-0.1, -0.05) is 18.2 Å². The Hall–Kier alpha value is -2.57. The van der Waals surface area contributed by atoms with Gasteiger partial charge in [0.1, 0.15) is 21.5 Å². The second-order valence-corrected chi connectivity index (χ2v) is 7.70. The molecule has 0 spiro atoms. The van der Waals surface area contributed by atoms with Crippen molar-refractivity contribution in [2.45, 2.75) is 24.7 Å². The standard InChI is InChI=1S/C20H22B2FN3O2/c21-20(22)17-16-13(19(27)26-28-20)5-3-6-15(16)25-18(17)12-8-7-11(14(23)10-12)4-1-2-9-24/h3,5-8,10,25H,1-2,4,9,21-22,24H2,(H,26,27). The van der Waals surface area contributed by atoms with Crippen LogP contribution in [-0.2, 0) is 16.7 Å². The average molecular weight is 377 g/mol. The zero-order valence-electron chi connectivity index (χ0n) is 16.1. The number of benzene rings is 2. The van der Waals surface area contributed by atoms with Crippen LogP contribution in [0, 0.1) is 5.82 Å². The summed E-state index contributed by atoms with van der Waals surface area (Å²) in [5.41, 5.74) is 12.4. The molecule has 2 heterocycles. The van der Waals surface area contributed by atoms with Gasteiger partial charge in [0.15, 0.2) is 0 Å². The van der Waals surface area contributed by atoms with Gasteiger partial charge in [0.2, 0.25) is 0 Å². The van der Waals surface area contributed by atoms with E-state index in [2.05, 4.69) is 10.5 Å². The van der Waals surface area contributed by atoms with Crippen molar-refractivity contribution in [3.05, 3.63) is 58.9 Å². The maximum atomic E-state index is 14.7. The Kier molecular flexibility index (Phi) is 4.77. The first-order valence-corrected chi connectivity index (χ1v) is 9.55. The third kappa shape index (κ3) is 3.12. The summed E-state index contributed by atoms with van der Waals surface area (Å²) >= 11 is 0. The lowest BCUT2D eigenvalue weighted by Gasteiger charge is -2.24. The predicted octanol–water partition coefficient (Wildman–Crippen LogP) is 1.31. The van der Waals surface area contributed by atoms with Crippen LogP contribution < -0.4 is 11.2 Å². The summed E-state index contributed by atoms with van der Waals surface area (Å²) in [5.74, 6) is -0.522. The summed E-state index contributed by atoms with van der Waals surface area (Å²) in [6.45, 7) is 0.613. The van der Waals surface area contributed by atoms with Crippen LogP contribution >= 0.6 is 0 Å². The molecule has 1 amide bonds. The number of amides is 1. The number of aromatic amines is 1. The summed E-state index contributed by atoms with van der Waals surface area (Å²) in [6, 6.07) is 10.8. The molecule has 0 fully saturated rings. The quantitative estimate of drug-likeness (QED) is 0.464. The monoisotopic (exact) mass is 377 g/mol. The van der Waals surface area contributed by atoms with Crippen LogP contribution in [0.5, 0.6) is 0 Å². The van der Waals surface area contributed by atoms with Gasteiger partial charge in [0, 0.05) is 22.0 Å². The average Bonchev–Trinajstić information content (AvgIpc) is 3.03. The first-order valence-electron chi connectivity index (χ1n) is 9.55.